The number of hydrogen-bond donors (Lipinski definition) is 1. The van der Waals surface area contributed by atoms with Crippen LogP contribution in [-0.2, 0) is 19.4 Å². The van der Waals surface area contributed by atoms with Crippen LogP contribution in [0.25, 0.3) is 21.8 Å². The van der Waals surface area contributed by atoms with E-state index in [4.69, 9.17) is 0 Å². The number of nitrogens with zero attached hydrogens (tertiary/aromatic N) is 1. The molecule has 0 amide bonds. The van der Waals surface area contributed by atoms with Gasteiger partial charge in [0.25, 0.3) is 0 Å². The zero-order valence-electron chi connectivity index (χ0n) is 11.7. The Morgan fingerprint density at radius 2 is 2.00 bits per heavy atom. The zero-order chi connectivity index (χ0) is 12.8. The summed E-state index contributed by atoms with van der Waals surface area (Å²) >= 11 is 0. The van der Waals surface area contributed by atoms with Gasteiger partial charge in [-0.3, -0.25) is 0 Å². The minimum Gasteiger partial charge on any atom is -1.00 e. The van der Waals surface area contributed by atoms with Crippen LogP contribution in [0.2, 0.25) is 0 Å². The molecule has 1 aromatic carbocycles. The van der Waals surface area contributed by atoms with Gasteiger partial charge < -0.3 is 29.0 Å². The highest BCUT2D eigenvalue weighted by atomic mass is 127. The van der Waals surface area contributed by atoms with Crippen LogP contribution in [0.1, 0.15) is 31.0 Å². The number of hydrogen-bond acceptors (Lipinski definition) is 0. The van der Waals surface area contributed by atoms with Crippen molar-refractivity contribution in [1.82, 2.24) is 4.98 Å². The van der Waals surface area contributed by atoms with E-state index in [-0.39, 0.29) is 24.0 Å². The normalized spacial score (nSPS) is 14.2. The van der Waals surface area contributed by atoms with E-state index in [1.165, 1.54) is 53.2 Å². The molecular formula is C17H19IN2. The number of fused-ring (bicyclic) bond motifs is 5. The second-order valence-electron chi connectivity index (χ2n) is 5.51. The first-order valence-corrected chi connectivity index (χ1v) is 7.33. The Balaban J connectivity index is 0.00000121. The molecule has 0 saturated heterocycles. The number of nitrogens with one attached hydrogen (secondary N) is 1. The van der Waals surface area contributed by atoms with Crippen LogP contribution >= 0.6 is 0 Å². The van der Waals surface area contributed by atoms with E-state index >= 15 is 0 Å². The van der Waals surface area contributed by atoms with Crippen molar-refractivity contribution in [2.75, 3.05) is 0 Å². The molecule has 0 bridgehead atoms. The third kappa shape index (κ3) is 1.94. The van der Waals surface area contributed by atoms with E-state index in [1.54, 1.807) is 5.56 Å². The molecule has 0 spiro atoms. The highest BCUT2D eigenvalue weighted by Gasteiger charge is 2.20. The molecule has 1 aliphatic carbocycles. The van der Waals surface area contributed by atoms with E-state index in [9.17, 15) is 0 Å². The average molecular weight is 378 g/mol. The molecular weight excluding hydrogens is 359 g/mol. The standard InChI is InChI=1S/C17H18N2.HI/c1-2-19-11-5-6-12-9-10-14-13-7-3-4-8-15(13)18-16(14)17(12)19;/h5-6,9-11H,2-4,7-8H2,1H3;1H. The Bertz CT molecular complexity index is 773. The zero-order valence-corrected chi connectivity index (χ0v) is 13.9. The van der Waals surface area contributed by atoms with Gasteiger partial charge in [0, 0.05) is 22.5 Å². The predicted molar refractivity (Wildman–Crippen MR) is 78.3 cm³/mol. The first-order valence-electron chi connectivity index (χ1n) is 7.33. The summed E-state index contributed by atoms with van der Waals surface area (Å²) in [5.41, 5.74) is 5.73. The van der Waals surface area contributed by atoms with Crippen molar-refractivity contribution < 1.29 is 28.5 Å². The van der Waals surface area contributed by atoms with Crippen LogP contribution in [0, 0.1) is 0 Å². The topological polar surface area (TPSA) is 19.7 Å². The first kappa shape index (κ1) is 13.9. The number of rotatable bonds is 1. The summed E-state index contributed by atoms with van der Waals surface area (Å²) in [5.74, 6) is 0. The molecule has 3 aromatic rings. The van der Waals surface area contributed by atoms with Crippen molar-refractivity contribution in [2.24, 2.45) is 0 Å². The molecule has 1 aliphatic rings. The smallest absolute Gasteiger partial charge is 0.236 e. The molecule has 0 fully saturated rings. The minimum atomic E-state index is 0. The number of H-pyrrole nitrogens is 1. The fourth-order valence-corrected chi connectivity index (χ4v) is 3.51. The number of pyridine rings is 1. The minimum absolute atomic E-state index is 0. The van der Waals surface area contributed by atoms with Gasteiger partial charge in [0.2, 0.25) is 5.52 Å². The lowest BCUT2D eigenvalue weighted by atomic mass is 9.95. The molecule has 0 unspecified atom stereocenters. The summed E-state index contributed by atoms with van der Waals surface area (Å²) in [6.45, 7) is 3.22. The molecule has 0 radical (unpaired) electrons. The van der Waals surface area contributed by atoms with Gasteiger partial charge in [0.15, 0.2) is 6.20 Å². The Kier molecular flexibility index (Phi) is 3.71. The molecule has 2 heterocycles. The summed E-state index contributed by atoms with van der Waals surface area (Å²) in [6.07, 6.45) is 7.29. The number of aromatic nitrogens is 2. The molecule has 0 atom stereocenters. The number of halogens is 1. The monoisotopic (exact) mass is 378 g/mol. The fourth-order valence-electron chi connectivity index (χ4n) is 3.51. The van der Waals surface area contributed by atoms with Gasteiger partial charge in [-0.05, 0) is 50.3 Å². The van der Waals surface area contributed by atoms with Gasteiger partial charge in [0.1, 0.15) is 12.1 Å². The summed E-state index contributed by atoms with van der Waals surface area (Å²) in [4.78, 5) is 3.71. The summed E-state index contributed by atoms with van der Waals surface area (Å²) in [6, 6.07) is 8.92. The van der Waals surface area contributed by atoms with E-state index in [2.05, 4.69) is 46.9 Å². The van der Waals surface area contributed by atoms with Crippen molar-refractivity contribution in [3.63, 3.8) is 0 Å². The highest BCUT2D eigenvalue weighted by molar-refractivity contribution is 6.03. The lowest BCUT2D eigenvalue weighted by Gasteiger charge is -2.10. The van der Waals surface area contributed by atoms with Gasteiger partial charge >= 0.3 is 0 Å². The van der Waals surface area contributed by atoms with Crippen molar-refractivity contribution in [2.45, 2.75) is 39.2 Å². The molecule has 2 nitrogen and oxygen atoms in total. The van der Waals surface area contributed by atoms with Crippen LogP contribution in [0.4, 0.5) is 0 Å². The van der Waals surface area contributed by atoms with Crippen LogP contribution in [0.5, 0.6) is 0 Å². The number of aryl methyl sites for hydroxylation is 3. The van der Waals surface area contributed by atoms with Crippen LogP contribution < -0.4 is 28.5 Å². The van der Waals surface area contributed by atoms with Crippen LogP contribution in [0.15, 0.2) is 30.5 Å². The molecule has 104 valence electrons. The van der Waals surface area contributed by atoms with Crippen molar-refractivity contribution in [3.05, 3.63) is 41.7 Å². The average Bonchev–Trinajstić information content (AvgIpc) is 2.85. The number of aromatic amines is 1. The second kappa shape index (κ2) is 5.35. The molecule has 4 rings (SSSR count). The van der Waals surface area contributed by atoms with Gasteiger partial charge in [-0.15, -0.1) is 0 Å². The SMILES string of the molecule is CC[n+]1cccc2ccc3c4c([nH]c3c21)CCCC4.[I-]. The summed E-state index contributed by atoms with van der Waals surface area (Å²) < 4.78 is 2.35. The summed E-state index contributed by atoms with van der Waals surface area (Å²) in [5, 5.41) is 2.77. The fraction of sp³-hybridized carbons (Fsp3) is 0.353. The van der Waals surface area contributed by atoms with Gasteiger partial charge in [0.05, 0.1) is 0 Å². The Morgan fingerprint density at radius 3 is 2.85 bits per heavy atom. The van der Waals surface area contributed by atoms with Crippen molar-refractivity contribution >= 4 is 21.8 Å². The lowest BCUT2D eigenvalue weighted by molar-refractivity contribution is -0.667. The largest absolute Gasteiger partial charge is 1.00 e. The van der Waals surface area contributed by atoms with E-state index in [0.29, 0.717) is 0 Å². The molecule has 1 N–H and O–H groups in total. The number of benzene rings is 1. The second-order valence-corrected chi connectivity index (χ2v) is 5.51. The molecule has 20 heavy (non-hydrogen) atoms. The Hall–Kier alpha value is -1.10. The van der Waals surface area contributed by atoms with Crippen LogP contribution in [0.3, 0.4) is 0 Å². The van der Waals surface area contributed by atoms with E-state index in [1.807, 2.05) is 0 Å². The van der Waals surface area contributed by atoms with E-state index < -0.39 is 0 Å². The third-order valence-electron chi connectivity index (χ3n) is 4.45. The first-order chi connectivity index (χ1) is 9.38. The van der Waals surface area contributed by atoms with Gasteiger partial charge in [-0.25, -0.2) is 0 Å². The third-order valence-corrected chi connectivity index (χ3v) is 4.45. The molecule has 0 saturated carbocycles. The highest BCUT2D eigenvalue weighted by Crippen LogP contribution is 2.32. The maximum absolute atomic E-state index is 3.71. The van der Waals surface area contributed by atoms with Crippen molar-refractivity contribution in [3.8, 4) is 0 Å². The maximum atomic E-state index is 3.71. The quantitative estimate of drug-likeness (QED) is 0.471. The maximum Gasteiger partial charge on any atom is 0.236 e. The van der Waals surface area contributed by atoms with Gasteiger partial charge in [-0.1, -0.05) is 6.07 Å². The predicted octanol–water partition coefficient (Wildman–Crippen LogP) is 0.511. The Morgan fingerprint density at radius 1 is 1.15 bits per heavy atom. The van der Waals surface area contributed by atoms with Gasteiger partial charge in [-0.2, -0.15) is 4.57 Å². The lowest BCUT2D eigenvalue weighted by Crippen LogP contribution is -3.00. The van der Waals surface area contributed by atoms with Crippen LogP contribution in [-0.4, -0.2) is 4.98 Å². The Labute approximate surface area is 136 Å². The van der Waals surface area contributed by atoms with E-state index in [0.717, 1.165) is 6.54 Å². The summed E-state index contributed by atoms with van der Waals surface area (Å²) in [7, 11) is 0. The molecule has 3 heteroatoms. The molecule has 2 aromatic heterocycles. The van der Waals surface area contributed by atoms with Crippen molar-refractivity contribution in [1.29, 1.82) is 0 Å². The molecule has 0 aliphatic heterocycles.